The third-order valence-electron chi connectivity index (χ3n) is 4.68. The molecule has 0 aliphatic carbocycles. The van der Waals surface area contributed by atoms with E-state index in [0.29, 0.717) is 12.3 Å². The summed E-state index contributed by atoms with van der Waals surface area (Å²) in [6.07, 6.45) is 1.61. The molecule has 0 aromatic heterocycles. The quantitative estimate of drug-likeness (QED) is 0.138. The van der Waals surface area contributed by atoms with Crippen LogP contribution in [0.4, 0.5) is 10.5 Å². The number of fused-ring (bicyclic) bond motifs is 1. The summed E-state index contributed by atoms with van der Waals surface area (Å²) in [6, 6.07) is 27.3. The summed E-state index contributed by atoms with van der Waals surface area (Å²) in [5, 5.41) is 9.16. The molecule has 0 bridgehead atoms. The molecule has 0 atom stereocenters. The van der Waals surface area contributed by atoms with Crippen LogP contribution in [0.25, 0.3) is 10.8 Å². The summed E-state index contributed by atoms with van der Waals surface area (Å²) in [5.41, 5.74) is 5.20. The fourth-order valence-electron chi connectivity index (χ4n) is 3.21. The molecule has 4 aromatic carbocycles. The first-order valence-corrected chi connectivity index (χ1v) is 12.0. The van der Waals surface area contributed by atoms with E-state index in [-0.39, 0.29) is 0 Å². The Labute approximate surface area is 213 Å². The van der Waals surface area contributed by atoms with Crippen LogP contribution in [0.15, 0.2) is 90.0 Å². The number of amides is 2. The molecule has 0 saturated heterocycles. The van der Waals surface area contributed by atoms with Gasteiger partial charge in [-0.05, 0) is 91.3 Å². The lowest BCUT2D eigenvalue weighted by Gasteiger charge is -2.13. The Bertz CT molecular complexity index is 1250. The summed E-state index contributed by atoms with van der Waals surface area (Å²) < 4.78 is 8.14. The Kier molecular flexibility index (Phi) is 7.59. The van der Waals surface area contributed by atoms with Gasteiger partial charge in [-0.15, -0.1) is 0 Å². The molecule has 0 heterocycles. The Morgan fingerprint density at radius 2 is 1.59 bits per heavy atom. The maximum absolute atomic E-state index is 11.9. The number of ether oxygens (including phenoxy) is 1. The van der Waals surface area contributed by atoms with E-state index in [4.69, 9.17) is 4.74 Å². The highest BCUT2D eigenvalue weighted by molar-refractivity contribution is 14.1. The number of benzene rings is 4. The van der Waals surface area contributed by atoms with E-state index >= 15 is 0 Å². The molecular weight excluding hydrogens is 628 g/mol. The highest BCUT2D eigenvalue weighted by Crippen LogP contribution is 2.30. The second-order valence-electron chi connectivity index (χ2n) is 6.93. The molecule has 0 aliphatic heterocycles. The molecule has 5 nitrogen and oxygen atoms in total. The molecule has 0 radical (unpaired) electrons. The summed E-state index contributed by atoms with van der Waals surface area (Å²) >= 11 is 4.52. The minimum atomic E-state index is -0.396. The molecule has 160 valence electrons. The largest absolute Gasteiger partial charge is 0.487 e. The number of rotatable bonds is 6. The van der Waals surface area contributed by atoms with Gasteiger partial charge in [0.05, 0.1) is 13.4 Å². The SMILES string of the molecule is O=C(N/N=C/c1cc(I)c(OCc2cccc3ccccc23)c(I)c1)Nc1ccccc1. The van der Waals surface area contributed by atoms with Gasteiger partial charge in [0.15, 0.2) is 0 Å². The Balaban J connectivity index is 1.40. The van der Waals surface area contributed by atoms with Gasteiger partial charge in [-0.2, -0.15) is 5.10 Å². The molecule has 4 aromatic rings. The number of nitrogens with zero attached hydrogens (tertiary/aromatic N) is 1. The normalized spacial score (nSPS) is 10.9. The van der Waals surface area contributed by atoms with Crippen molar-refractivity contribution in [1.82, 2.24) is 5.43 Å². The van der Waals surface area contributed by atoms with Gasteiger partial charge < -0.3 is 10.1 Å². The topological polar surface area (TPSA) is 62.7 Å². The van der Waals surface area contributed by atoms with Crippen molar-refractivity contribution < 1.29 is 9.53 Å². The lowest BCUT2D eigenvalue weighted by Crippen LogP contribution is -2.24. The molecule has 0 spiro atoms. The molecule has 2 amide bonds. The Hall–Kier alpha value is -2.66. The number of hydrogen-bond acceptors (Lipinski definition) is 3. The number of para-hydroxylation sites is 1. The Morgan fingerprint density at radius 3 is 2.38 bits per heavy atom. The van der Waals surface area contributed by atoms with Gasteiger partial charge in [0, 0.05) is 5.69 Å². The monoisotopic (exact) mass is 647 g/mol. The molecule has 0 aliphatic rings. The number of carbonyl (C=O) groups is 1. The smallest absolute Gasteiger partial charge is 0.339 e. The third kappa shape index (κ3) is 5.77. The van der Waals surface area contributed by atoms with E-state index < -0.39 is 6.03 Å². The van der Waals surface area contributed by atoms with Crippen molar-refractivity contribution in [2.45, 2.75) is 6.61 Å². The molecule has 0 saturated carbocycles. The van der Waals surface area contributed by atoms with Gasteiger partial charge in [0.2, 0.25) is 0 Å². The van der Waals surface area contributed by atoms with E-state index in [1.807, 2.05) is 54.6 Å². The van der Waals surface area contributed by atoms with Gasteiger partial charge in [-0.1, -0.05) is 60.7 Å². The van der Waals surface area contributed by atoms with Gasteiger partial charge in [-0.25, -0.2) is 10.2 Å². The van der Waals surface area contributed by atoms with Crippen molar-refractivity contribution in [1.29, 1.82) is 0 Å². The number of nitrogens with one attached hydrogen (secondary N) is 2. The number of carbonyl (C=O) groups excluding carboxylic acids is 1. The second kappa shape index (κ2) is 10.8. The van der Waals surface area contributed by atoms with Crippen molar-refractivity contribution in [3.8, 4) is 5.75 Å². The van der Waals surface area contributed by atoms with Crippen molar-refractivity contribution in [2.75, 3.05) is 5.32 Å². The zero-order valence-corrected chi connectivity index (χ0v) is 21.2. The molecule has 32 heavy (non-hydrogen) atoms. The highest BCUT2D eigenvalue weighted by atomic mass is 127. The van der Waals surface area contributed by atoms with E-state index in [1.54, 1.807) is 6.21 Å². The van der Waals surface area contributed by atoms with E-state index in [2.05, 4.69) is 91.4 Å². The van der Waals surface area contributed by atoms with E-state index in [0.717, 1.165) is 24.0 Å². The fraction of sp³-hybridized carbons (Fsp3) is 0.0400. The van der Waals surface area contributed by atoms with Crippen LogP contribution in [0.5, 0.6) is 5.75 Å². The summed E-state index contributed by atoms with van der Waals surface area (Å²) in [7, 11) is 0. The lowest BCUT2D eigenvalue weighted by atomic mass is 10.1. The number of hydrazone groups is 1. The highest BCUT2D eigenvalue weighted by Gasteiger charge is 2.10. The zero-order valence-electron chi connectivity index (χ0n) is 16.9. The number of hydrogen-bond donors (Lipinski definition) is 2. The zero-order chi connectivity index (χ0) is 22.3. The number of halogens is 2. The molecule has 7 heteroatoms. The number of urea groups is 1. The summed E-state index contributed by atoms with van der Waals surface area (Å²) in [4.78, 5) is 11.9. The van der Waals surface area contributed by atoms with Crippen LogP contribution in [-0.4, -0.2) is 12.2 Å². The van der Waals surface area contributed by atoms with Crippen molar-refractivity contribution in [3.63, 3.8) is 0 Å². The fourth-order valence-corrected chi connectivity index (χ4v) is 5.33. The maximum Gasteiger partial charge on any atom is 0.339 e. The standard InChI is InChI=1S/C25H19I2N3O2/c26-22-13-17(15-28-30-25(31)29-20-10-2-1-3-11-20)14-23(27)24(22)32-16-19-9-6-8-18-7-4-5-12-21(18)19/h1-15H,16H2,(H2,29,30,31)/b28-15+. The van der Waals surface area contributed by atoms with Crippen LogP contribution in [0.1, 0.15) is 11.1 Å². The molecule has 2 N–H and O–H groups in total. The summed E-state index contributed by atoms with van der Waals surface area (Å²) in [6.45, 7) is 0.488. The van der Waals surface area contributed by atoms with Crippen LogP contribution < -0.4 is 15.5 Å². The molecular formula is C25H19I2N3O2. The average molecular weight is 647 g/mol. The van der Waals surface area contributed by atoms with Gasteiger partial charge in [0.25, 0.3) is 0 Å². The maximum atomic E-state index is 11.9. The first-order valence-electron chi connectivity index (χ1n) is 9.84. The first kappa shape index (κ1) is 22.5. The van der Waals surface area contributed by atoms with Gasteiger partial charge in [0.1, 0.15) is 12.4 Å². The van der Waals surface area contributed by atoms with Crippen molar-refractivity contribution >= 4 is 73.9 Å². The van der Waals surface area contributed by atoms with Crippen molar-refractivity contribution in [3.05, 3.63) is 103 Å². The van der Waals surface area contributed by atoms with Crippen LogP contribution in [-0.2, 0) is 6.61 Å². The third-order valence-corrected chi connectivity index (χ3v) is 6.29. The molecule has 4 rings (SSSR count). The van der Waals surface area contributed by atoms with E-state index in [9.17, 15) is 4.79 Å². The predicted octanol–water partition coefficient (Wildman–Crippen LogP) is 6.78. The van der Waals surface area contributed by atoms with Gasteiger partial charge in [-0.3, -0.25) is 0 Å². The lowest BCUT2D eigenvalue weighted by molar-refractivity contribution is 0.252. The molecule has 0 unspecified atom stereocenters. The predicted molar refractivity (Wildman–Crippen MR) is 146 cm³/mol. The minimum absolute atomic E-state index is 0.396. The summed E-state index contributed by atoms with van der Waals surface area (Å²) in [5.74, 6) is 0.839. The number of anilines is 1. The minimum Gasteiger partial charge on any atom is -0.487 e. The van der Waals surface area contributed by atoms with Crippen molar-refractivity contribution in [2.24, 2.45) is 5.10 Å². The molecule has 0 fully saturated rings. The van der Waals surface area contributed by atoms with Crippen LogP contribution in [0.2, 0.25) is 0 Å². The van der Waals surface area contributed by atoms with Crippen LogP contribution >= 0.6 is 45.2 Å². The first-order chi connectivity index (χ1) is 15.6. The van der Waals surface area contributed by atoms with Crippen LogP contribution in [0, 0.1) is 7.14 Å². The van der Waals surface area contributed by atoms with Crippen LogP contribution in [0.3, 0.4) is 0 Å². The average Bonchev–Trinajstić information content (AvgIpc) is 2.79. The second-order valence-corrected chi connectivity index (χ2v) is 9.26. The van der Waals surface area contributed by atoms with Gasteiger partial charge >= 0.3 is 6.03 Å². The Morgan fingerprint density at radius 1 is 0.906 bits per heavy atom. The van der Waals surface area contributed by atoms with E-state index in [1.165, 1.54) is 10.8 Å².